The highest BCUT2D eigenvalue weighted by molar-refractivity contribution is 7.80. The van der Waals surface area contributed by atoms with E-state index >= 15 is 0 Å². The molecule has 0 radical (unpaired) electrons. The second-order valence-corrected chi connectivity index (χ2v) is 4.76. The molecule has 0 aliphatic carbocycles. The van der Waals surface area contributed by atoms with Crippen LogP contribution in [0.1, 0.15) is 11.1 Å². The molecule has 0 fully saturated rings. The summed E-state index contributed by atoms with van der Waals surface area (Å²) in [6, 6.07) is 12.8. The number of nitrogens with two attached hydrogens (primary N) is 1. The van der Waals surface area contributed by atoms with Gasteiger partial charge in [0.2, 0.25) is 0 Å². The average molecular weight is 287 g/mol. The van der Waals surface area contributed by atoms with Gasteiger partial charge in [-0.1, -0.05) is 30.3 Å². The van der Waals surface area contributed by atoms with Crippen LogP contribution in [0.3, 0.4) is 0 Å². The zero-order valence-electron chi connectivity index (χ0n) is 10.9. The molecule has 0 heterocycles. The van der Waals surface area contributed by atoms with Gasteiger partial charge in [-0.05, 0) is 53.5 Å². The van der Waals surface area contributed by atoms with Gasteiger partial charge in [0, 0.05) is 0 Å². The van der Waals surface area contributed by atoms with E-state index in [1.807, 2.05) is 30.3 Å². The summed E-state index contributed by atoms with van der Waals surface area (Å²) in [7, 11) is 0. The average Bonchev–Trinajstić information content (AvgIpc) is 2.42. The van der Waals surface area contributed by atoms with Crippen LogP contribution in [0.15, 0.2) is 47.6 Å². The van der Waals surface area contributed by atoms with Crippen molar-refractivity contribution in [1.82, 2.24) is 5.43 Å². The fraction of sp³-hybridized carbons (Fsp3) is 0.0667. The lowest BCUT2D eigenvalue weighted by atomic mass is 10.0. The molecule has 0 spiro atoms. The minimum Gasteiger partial charge on any atom is -0.375 e. The van der Waals surface area contributed by atoms with E-state index in [0.717, 1.165) is 16.7 Å². The van der Waals surface area contributed by atoms with Crippen molar-refractivity contribution in [3.05, 3.63) is 59.4 Å². The van der Waals surface area contributed by atoms with Crippen LogP contribution in [0, 0.1) is 12.7 Å². The van der Waals surface area contributed by atoms with Gasteiger partial charge >= 0.3 is 0 Å². The Morgan fingerprint density at radius 1 is 1.25 bits per heavy atom. The first-order valence-electron chi connectivity index (χ1n) is 6.01. The maximum Gasteiger partial charge on any atom is 0.184 e. The second kappa shape index (κ2) is 6.25. The largest absolute Gasteiger partial charge is 0.375 e. The van der Waals surface area contributed by atoms with Crippen molar-refractivity contribution in [2.24, 2.45) is 10.8 Å². The van der Waals surface area contributed by atoms with Gasteiger partial charge in [0.15, 0.2) is 5.11 Å². The SMILES string of the molecule is Cc1ccc(-c2cccc(C=NNC(N)=S)c2)cc1F. The predicted molar refractivity (Wildman–Crippen MR) is 84.1 cm³/mol. The number of hydrogen-bond acceptors (Lipinski definition) is 2. The summed E-state index contributed by atoms with van der Waals surface area (Å²) in [5.74, 6) is -0.211. The van der Waals surface area contributed by atoms with Crippen molar-refractivity contribution >= 4 is 23.5 Å². The van der Waals surface area contributed by atoms with Crippen molar-refractivity contribution in [2.75, 3.05) is 0 Å². The van der Waals surface area contributed by atoms with Crippen molar-refractivity contribution in [3.8, 4) is 11.1 Å². The van der Waals surface area contributed by atoms with Crippen LogP contribution in [0.5, 0.6) is 0 Å². The molecule has 0 saturated heterocycles. The standard InChI is InChI=1S/C15H14FN3S/c1-10-5-6-13(8-14(10)16)12-4-2-3-11(7-12)9-18-19-15(17)20/h2-9H,1H3,(H3,17,19,20). The monoisotopic (exact) mass is 287 g/mol. The zero-order valence-corrected chi connectivity index (χ0v) is 11.7. The first kappa shape index (κ1) is 14.1. The Labute approximate surface area is 122 Å². The van der Waals surface area contributed by atoms with E-state index < -0.39 is 0 Å². The van der Waals surface area contributed by atoms with Crippen LogP contribution in [0.2, 0.25) is 0 Å². The maximum atomic E-state index is 13.6. The third kappa shape index (κ3) is 3.61. The summed E-state index contributed by atoms with van der Waals surface area (Å²) in [5, 5.41) is 4.00. The molecule has 5 heteroatoms. The summed E-state index contributed by atoms with van der Waals surface area (Å²) < 4.78 is 13.6. The Bertz CT molecular complexity index is 668. The maximum absolute atomic E-state index is 13.6. The molecule has 0 atom stereocenters. The molecule has 3 N–H and O–H groups in total. The van der Waals surface area contributed by atoms with Gasteiger partial charge in [-0.25, -0.2) is 4.39 Å². The van der Waals surface area contributed by atoms with Gasteiger partial charge in [-0.2, -0.15) is 5.10 Å². The molecule has 2 aromatic carbocycles. The van der Waals surface area contributed by atoms with Gasteiger partial charge in [0.05, 0.1) is 6.21 Å². The summed E-state index contributed by atoms with van der Waals surface area (Å²) in [6.45, 7) is 1.74. The molecular weight excluding hydrogens is 273 g/mol. The Morgan fingerprint density at radius 2 is 2.00 bits per heavy atom. The van der Waals surface area contributed by atoms with E-state index in [1.54, 1.807) is 19.2 Å². The van der Waals surface area contributed by atoms with Crippen LogP contribution in [0.25, 0.3) is 11.1 Å². The summed E-state index contributed by atoms with van der Waals surface area (Å²) in [6.07, 6.45) is 1.60. The molecule has 0 aromatic heterocycles. The molecule has 0 amide bonds. The van der Waals surface area contributed by atoms with Crippen molar-refractivity contribution in [3.63, 3.8) is 0 Å². The summed E-state index contributed by atoms with van der Waals surface area (Å²) in [5.41, 5.74) is 11.0. The minimum absolute atomic E-state index is 0.109. The molecule has 0 aliphatic heterocycles. The molecule has 0 aliphatic rings. The van der Waals surface area contributed by atoms with Crippen LogP contribution >= 0.6 is 12.2 Å². The van der Waals surface area contributed by atoms with Gasteiger partial charge in [0.25, 0.3) is 0 Å². The Hall–Kier alpha value is -2.27. The lowest BCUT2D eigenvalue weighted by Crippen LogP contribution is -2.23. The normalized spacial score (nSPS) is 10.7. The Balaban J connectivity index is 2.27. The molecule has 3 nitrogen and oxygen atoms in total. The number of nitrogens with zero attached hydrogens (tertiary/aromatic N) is 1. The van der Waals surface area contributed by atoms with Gasteiger partial charge in [-0.15, -0.1) is 0 Å². The lowest BCUT2D eigenvalue weighted by Gasteiger charge is -2.05. The van der Waals surface area contributed by atoms with E-state index in [0.29, 0.717) is 5.56 Å². The number of hydrogen-bond donors (Lipinski definition) is 2. The van der Waals surface area contributed by atoms with E-state index in [9.17, 15) is 4.39 Å². The first-order chi connectivity index (χ1) is 9.56. The van der Waals surface area contributed by atoms with Crippen molar-refractivity contribution in [1.29, 1.82) is 0 Å². The molecule has 20 heavy (non-hydrogen) atoms. The van der Waals surface area contributed by atoms with Gasteiger partial charge in [0.1, 0.15) is 5.82 Å². The molecule has 0 bridgehead atoms. The van der Waals surface area contributed by atoms with Crippen molar-refractivity contribution < 1.29 is 4.39 Å². The molecule has 0 saturated carbocycles. The second-order valence-electron chi connectivity index (χ2n) is 4.32. The van der Waals surface area contributed by atoms with Gasteiger partial charge < -0.3 is 5.73 Å². The highest BCUT2D eigenvalue weighted by Crippen LogP contribution is 2.22. The highest BCUT2D eigenvalue weighted by atomic mass is 32.1. The number of thiocarbonyl (C=S) groups is 1. The smallest absolute Gasteiger partial charge is 0.184 e. The van der Waals surface area contributed by atoms with Gasteiger partial charge in [-0.3, -0.25) is 5.43 Å². The fourth-order valence-electron chi connectivity index (χ4n) is 1.74. The Kier molecular flexibility index (Phi) is 4.42. The van der Waals surface area contributed by atoms with E-state index in [1.165, 1.54) is 6.07 Å². The van der Waals surface area contributed by atoms with Crippen molar-refractivity contribution in [2.45, 2.75) is 6.92 Å². The van der Waals surface area contributed by atoms with E-state index in [4.69, 9.17) is 5.73 Å². The quantitative estimate of drug-likeness (QED) is 0.518. The molecule has 2 rings (SSSR count). The number of hydrazone groups is 1. The third-order valence-corrected chi connectivity index (χ3v) is 2.87. The molecule has 102 valence electrons. The molecule has 2 aromatic rings. The van der Waals surface area contributed by atoms with Crippen LogP contribution < -0.4 is 11.2 Å². The van der Waals surface area contributed by atoms with Crippen LogP contribution in [-0.4, -0.2) is 11.3 Å². The Morgan fingerprint density at radius 3 is 2.70 bits per heavy atom. The number of rotatable bonds is 3. The summed E-state index contributed by atoms with van der Waals surface area (Å²) in [4.78, 5) is 0. The number of halogens is 1. The molecule has 0 unspecified atom stereocenters. The number of nitrogens with one attached hydrogen (secondary N) is 1. The zero-order chi connectivity index (χ0) is 14.5. The van der Waals surface area contributed by atoms with Crippen LogP contribution in [0.4, 0.5) is 4.39 Å². The minimum atomic E-state index is -0.211. The van der Waals surface area contributed by atoms with E-state index in [-0.39, 0.29) is 10.9 Å². The number of aryl methyl sites for hydroxylation is 1. The first-order valence-corrected chi connectivity index (χ1v) is 6.42. The van der Waals surface area contributed by atoms with E-state index in [2.05, 4.69) is 22.7 Å². The lowest BCUT2D eigenvalue weighted by molar-refractivity contribution is 0.619. The highest BCUT2D eigenvalue weighted by Gasteiger charge is 2.02. The third-order valence-electron chi connectivity index (χ3n) is 2.78. The van der Waals surface area contributed by atoms with Crippen LogP contribution in [-0.2, 0) is 0 Å². The molecular formula is C15H14FN3S. The fourth-order valence-corrected chi connectivity index (χ4v) is 1.79. The topological polar surface area (TPSA) is 50.4 Å². The number of benzene rings is 2. The predicted octanol–water partition coefficient (Wildman–Crippen LogP) is 2.97. The summed E-state index contributed by atoms with van der Waals surface area (Å²) >= 11 is 4.65.